The number of amides is 2. The highest BCUT2D eigenvalue weighted by molar-refractivity contribution is 6.76. The van der Waals surface area contributed by atoms with Crippen molar-refractivity contribution in [2.24, 2.45) is 5.92 Å². The Bertz CT molecular complexity index is 1400. The van der Waals surface area contributed by atoms with Crippen molar-refractivity contribution in [2.45, 2.75) is 78.1 Å². The van der Waals surface area contributed by atoms with Crippen LogP contribution in [0.3, 0.4) is 0 Å². The molecular weight excluding hydrogens is 508 g/mol. The second-order valence-corrected chi connectivity index (χ2v) is 18.5. The zero-order valence-electron chi connectivity index (χ0n) is 24.0. The molecule has 3 aromatic rings. The molecule has 1 N–H and O–H groups in total. The summed E-state index contributed by atoms with van der Waals surface area (Å²) in [5.41, 5.74) is 4.22. The molecule has 0 atom stereocenters. The Morgan fingerprint density at radius 3 is 2.59 bits per heavy atom. The number of benzene rings is 1. The van der Waals surface area contributed by atoms with Gasteiger partial charge in [0.15, 0.2) is 0 Å². The molecule has 8 nitrogen and oxygen atoms in total. The third kappa shape index (κ3) is 6.53. The van der Waals surface area contributed by atoms with Crippen molar-refractivity contribution in [3.8, 4) is 11.1 Å². The Labute approximate surface area is 231 Å². The summed E-state index contributed by atoms with van der Waals surface area (Å²) in [5.74, 6) is 0.693. The van der Waals surface area contributed by atoms with E-state index in [0.717, 1.165) is 58.7 Å². The predicted molar refractivity (Wildman–Crippen MR) is 158 cm³/mol. The van der Waals surface area contributed by atoms with Gasteiger partial charge in [0.1, 0.15) is 23.8 Å². The molecule has 0 saturated heterocycles. The quantitative estimate of drug-likeness (QED) is 0.251. The van der Waals surface area contributed by atoms with Gasteiger partial charge >= 0.3 is 6.09 Å². The van der Waals surface area contributed by atoms with Gasteiger partial charge in [-0.1, -0.05) is 31.8 Å². The van der Waals surface area contributed by atoms with Gasteiger partial charge in [0.05, 0.1) is 5.69 Å². The highest BCUT2D eigenvalue weighted by atomic mass is 28.3. The van der Waals surface area contributed by atoms with E-state index in [1.54, 1.807) is 4.90 Å². The molecule has 1 fully saturated rings. The minimum atomic E-state index is -1.21. The largest absolute Gasteiger partial charge is 0.443 e. The molecule has 2 aromatic heterocycles. The lowest BCUT2D eigenvalue weighted by atomic mass is 10.0. The predicted octanol–water partition coefficient (Wildman–Crippen LogP) is 6.66. The first-order valence-corrected chi connectivity index (χ1v) is 17.6. The van der Waals surface area contributed by atoms with Gasteiger partial charge in [-0.2, -0.15) is 0 Å². The molecule has 1 aromatic carbocycles. The summed E-state index contributed by atoms with van der Waals surface area (Å²) < 4.78 is 13.8. The van der Waals surface area contributed by atoms with Crippen molar-refractivity contribution in [3.63, 3.8) is 0 Å². The lowest BCUT2D eigenvalue weighted by Crippen LogP contribution is -2.35. The van der Waals surface area contributed by atoms with Gasteiger partial charge in [-0.3, -0.25) is 9.69 Å². The van der Waals surface area contributed by atoms with Gasteiger partial charge in [0.2, 0.25) is 5.91 Å². The number of nitrogens with one attached hydrogen (secondary N) is 1. The fraction of sp³-hybridized carbons (Fsp3) is 0.500. The van der Waals surface area contributed by atoms with Crippen LogP contribution in [0.2, 0.25) is 25.7 Å². The van der Waals surface area contributed by atoms with Crippen LogP contribution >= 0.6 is 0 Å². The molecule has 0 spiro atoms. The molecule has 9 heteroatoms. The third-order valence-electron chi connectivity index (χ3n) is 7.05. The van der Waals surface area contributed by atoms with E-state index >= 15 is 0 Å². The summed E-state index contributed by atoms with van der Waals surface area (Å²) in [6, 6.07) is 11.2. The van der Waals surface area contributed by atoms with Crippen molar-refractivity contribution in [2.75, 3.05) is 23.4 Å². The van der Waals surface area contributed by atoms with Crippen LogP contribution in [0.4, 0.5) is 16.3 Å². The van der Waals surface area contributed by atoms with Crippen LogP contribution in [0.1, 0.15) is 39.2 Å². The van der Waals surface area contributed by atoms with E-state index in [4.69, 9.17) is 14.5 Å². The third-order valence-corrected chi connectivity index (χ3v) is 8.76. The van der Waals surface area contributed by atoms with Crippen LogP contribution in [0, 0.1) is 5.92 Å². The number of ether oxygens (including phenoxy) is 2. The Kier molecular flexibility index (Phi) is 7.32. The molecule has 0 radical (unpaired) electrons. The molecule has 39 heavy (non-hydrogen) atoms. The molecule has 0 unspecified atom stereocenters. The normalized spacial score (nSPS) is 15.5. The number of carbonyl (C=O) groups is 2. The SMILES string of the molecule is CC(C)(C)OC(=O)N1CCc2ccc(-c3cn(COCC[Si](C)(C)C)c4nc(NC(=O)C5CC5)ccc34)cc21. The standard InChI is InChI=1S/C30H40N4O4Si/c1-30(2,3)38-29(36)34-14-13-20-7-10-22(17-25(20)34)24-18-33(19-37-15-16-39(4,5)6)27-23(24)11-12-26(31-27)32-28(35)21-8-9-21/h7,10-12,17-18,21H,8-9,13-16,19H2,1-6H3,(H,31,32,35). The fourth-order valence-corrected chi connectivity index (χ4v) is 5.49. The number of nitrogens with zero attached hydrogens (tertiary/aromatic N) is 3. The summed E-state index contributed by atoms with van der Waals surface area (Å²) in [6.45, 7) is 14.3. The van der Waals surface area contributed by atoms with Crippen LogP contribution in [0.5, 0.6) is 0 Å². The summed E-state index contributed by atoms with van der Waals surface area (Å²) in [4.78, 5) is 31.9. The molecule has 1 aliphatic heterocycles. The van der Waals surface area contributed by atoms with Crippen molar-refractivity contribution in [3.05, 3.63) is 42.1 Å². The first-order valence-electron chi connectivity index (χ1n) is 13.9. The lowest BCUT2D eigenvalue weighted by Gasteiger charge is -2.25. The molecule has 1 aliphatic carbocycles. The Hall–Kier alpha value is -3.17. The van der Waals surface area contributed by atoms with E-state index in [9.17, 15) is 9.59 Å². The van der Waals surface area contributed by atoms with E-state index < -0.39 is 13.7 Å². The van der Waals surface area contributed by atoms with Crippen LogP contribution in [-0.4, -0.2) is 48.4 Å². The number of hydrogen-bond acceptors (Lipinski definition) is 5. The smallest absolute Gasteiger partial charge is 0.414 e. The maximum Gasteiger partial charge on any atom is 0.414 e. The first kappa shape index (κ1) is 27.4. The number of carbonyl (C=O) groups excluding carboxylic acids is 2. The van der Waals surface area contributed by atoms with Gasteiger partial charge in [-0.15, -0.1) is 0 Å². The van der Waals surface area contributed by atoms with Crippen LogP contribution in [-0.2, 0) is 27.4 Å². The summed E-state index contributed by atoms with van der Waals surface area (Å²) >= 11 is 0. The molecular formula is C30H40N4O4Si. The van der Waals surface area contributed by atoms with Crippen molar-refractivity contribution in [1.82, 2.24) is 9.55 Å². The summed E-state index contributed by atoms with van der Waals surface area (Å²) in [5, 5.41) is 3.94. The fourth-order valence-electron chi connectivity index (χ4n) is 4.73. The number of pyridine rings is 1. The van der Waals surface area contributed by atoms with E-state index in [2.05, 4.69) is 49.4 Å². The molecule has 3 heterocycles. The number of fused-ring (bicyclic) bond motifs is 2. The number of rotatable bonds is 8. The molecule has 2 aliphatic rings. The van der Waals surface area contributed by atoms with Gasteiger partial charge in [0, 0.05) is 44.3 Å². The van der Waals surface area contributed by atoms with E-state index in [0.29, 0.717) is 25.7 Å². The summed E-state index contributed by atoms with van der Waals surface area (Å²) in [7, 11) is -1.21. The van der Waals surface area contributed by atoms with E-state index in [-0.39, 0.29) is 17.9 Å². The van der Waals surface area contributed by atoms with Gasteiger partial charge in [0.25, 0.3) is 0 Å². The Morgan fingerprint density at radius 2 is 1.90 bits per heavy atom. The molecule has 0 bridgehead atoms. The van der Waals surface area contributed by atoms with Crippen LogP contribution in [0.15, 0.2) is 36.5 Å². The molecule has 1 saturated carbocycles. The van der Waals surface area contributed by atoms with Crippen molar-refractivity contribution < 1.29 is 19.1 Å². The number of anilines is 2. The monoisotopic (exact) mass is 548 g/mol. The lowest BCUT2D eigenvalue weighted by molar-refractivity contribution is -0.117. The van der Waals surface area contributed by atoms with Crippen LogP contribution < -0.4 is 10.2 Å². The molecule has 2 amide bonds. The maximum atomic E-state index is 12.9. The second kappa shape index (κ2) is 10.4. The van der Waals surface area contributed by atoms with Crippen molar-refractivity contribution >= 4 is 42.6 Å². The van der Waals surface area contributed by atoms with E-state index in [1.165, 1.54) is 0 Å². The zero-order valence-corrected chi connectivity index (χ0v) is 25.0. The highest BCUT2D eigenvalue weighted by Gasteiger charge is 2.31. The average molecular weight is 549 g/mol. The maximum absolute atomic E-state index is 12.9. The van der Waals surface area contributed by atoms with Gasteiger partial charge in [-0.25, -0.2) is 9.78 Å². The minimum Gasteiger partial charge on any atom is -0.443 e. The molecule has 5 rings (SSSR count). The van der Waals surface area contributed by atoms with Crippen molar-refractivity contribution in [1.29, 1.82) is 0 Å². The topological polar surface area (TPSA) is 85.7 Å². The Balaban J connectivity index is 1.47. The summed E-state index contributed by atoms with van der Waals surface area (Å²) in [6.07, 6.45) is 4.42. The number of aromatic nitrogens is 2. The van der Waals surface area contributed by atoms with Gasteiger partial charge < -0.3 is 19.4 Å². The Morgan fingerprint density at radius 1 is 1.13 bits per heavy atom. The molecule has 208 valence electrons. The zero-order chi connectivity index (χ0) is 27.9. The van der Waals surface area contributed by atoms with E-state index in [1.807, 2.05) is 37.5 Å². The van der Waals surface area contributed by atoms with Gasteiger partial charge in [-0.05, 0) is 75.4 Å². The minimum absolute atomic E-state index is 0.0346. The average Bonchev–Trinajstić information content (AvgIpc) is 3.52. The highest BCUT2D eigenvalue weighted by Crippen LogP contribution is 2.37. The first-order chi connectivity index (χ1) is 18.4. The number of hydrogen-bond donors (Lipinski definition) is 1. The second-order valence-electron chi connectivity index (χ2n) is 12.9. The van der Waals surface area contributed by atoms with Crippen LogP contribution in [0.25, 0.3) is 22.2 Å².